The zero-order chi connectivity index (χ0) is 38.4. The third-order valence-corrected chi connectivity index (χ3v) is 11.6. The van der Waals surface area contributed by atoms with Gasteiger partial charge < -0.3 is 19.7 Å². The number of aliphatic carboxylic acids is 2. The fourth-order valence-electron chi connectivity index (χ4n) is 4.23. The summed E-state index contributed by atoms with van der Waals surface area (Å²) in [5, 5.41) is 19.1. The van der Waals surface area contributed by atoms with E-state index in [-0.39, 0.29) is 20.6 Å². The van der Waals surface area contributed by atoms with Crippen LogP contribution in [0.4, 0.5) is 0 Å². The highest BCUT2D eigenvalue weighted by atomic mass is 35.5. The molecular formula is C34H35Cl3N2O10S2. The molecule has 0 amide bonds. The first kappa shape index (κ1) is 41.5. The van der Waals surface area contributed by atoms with Crippen LogP contribution in [0, 0.1) is 0 Å². The van der Waals surface area contributed by atoms with Crippen molar-refractivity contribution in [2.75, 3.05) is 28.2 Å². The maximum absolute atomic E-state index is 12.2. The standard InChI is InChI=1S/C17H17Cl2NO5S.C17H18ClNO5S/c1-10(17(21)22)25-16-7-4-11(18)8-14(16)13-6-5-12(9-15(13)19)26(23,24)20(2)3;1-11(17(20)21)24-16-9-6-13(18)10-15(16)12-4-7-14(8-5-12)25(22,23)19(2)3/h4-10H,1-3H3,(H,21,22);4-11H,1-3H3,(H,20,21)/t10-;11-/m00/s1. The number of benzene rings is 4. The van der Waals surface area contributed by atoms with Gasteiger partial charge in [0.2, 0.25) is 20.0 Å². The summed E-state index contributed by atoms with van der Waals surface area (Å²) in [5.41, 5.74) is 2.17. The molecule has 0 aliphatic heterocycles. The van der Waals surface area contributed by atoms with Gasteiger partial charge in [0.05, 0.1) is 9.79 Å². The van der Waals surface area contributed by atoms with Gasteiger partial charge in [0.1, 0.15) is 11.5 Å². The van der Waals surface area contributed by atoms with Gasteiger partial charge in [-0.25, -0.2) is 35.0 Å². The average Bonchev–Trinajstić information content (AvgIpc) is 3.06. The number of ether oxygens (including phenoxy) is 2. The zero-order valence-electron chi connectivity index (χ0n) is 28.2. The summed E-state index contributed by atoms with van der Waals surface area (Å²) in [6, 6.07) is 20.0. The molecule has 0 aromatic heterocycles. The molecule has 0 aliphatic carbocycles. The van der Waals surface area contributed by atoms with Crippen molar-refractivity contribution < 1.29 is 46.1 Å². The zero-order valence-corrected chi connectivity index (χ0v) is 32.1. The third-order valence-electron chi connectivity index (χ3n) is 7.14. The van der Waals surface area contributed by atoms with E-state index in [2.05, 4.69) is 0 Å². The predicted molar refractivity (Wildman–Crippen MR) is 196 cm³/mol. The highest BCUT2D eigenvalue weighted by Gasteiger charge is 2.22. The van der Waals surface area contributed by atoms with Crippen molar-refractivity contribution in [3.63, 3.8) is 0 Å². The quantitative estimate of drug-likeness (QED) is 0.154. The van der Waals surface area contributed by atoms with Crippen LogP contribution in [0.5, 0.6) is 11.5 Å². The van der Waals surface area contributed by atoms with Crippen molar-refractivity contribution in [2.24, 2.45) is 0 Å². The molecule has 4 rings (SSSR count). The molecule has 0 saturated carbocycles. The Morgan fingerprint density at radius 2 is 1.00 bits per heavy atom. The van der Waals surface area contributed by atoms with Crippen molar-refractivity contribution in [2.45, 2.75) is 35.8 Å². The van der Waals surface area contributed by atoms with Crippen LogP contribution in [-0.2, 0) is 29.6 Å². The van der Waals surface area contributed by atoms with Crippen LogP contribution in [0.1, 0.15) is 13.8 Å². The Morgan fingerprint density at radius 3 is 1.43 bits per heavy atom. The van der Waals surface area contributed by atoms with Crippen LogP contribution in [0.25, 0.3) is 22.3 Å². The summed E-state index contributed by atoms with van der Waals surface area (Å²) >= 11 is 18.4. The van der Waals surface area contributed by atoms with Crippen LogP contribution < -0.4 is 9.47 Å². The molecule has 0 heterocycles. The molecule has 0 aliphatic rings. The molecule has 4 aromatic carbocycles. The number of hydrogen-bond donors (Lipinski definition) is 2. The number of sulfonamides is 2. The van der Waals surface area contributed by atoms with Crippen LogP contribution in [0.2, 0.25) is 15.1 Å². The van der Waals surface area contributed by atoms with E-state index in [1.54, 1.807) is 42.5 Å². The predicted octanol–water partition coefficient (Wildman–Crippen LogP) is 6.87. The molecule has 0 radical (unpaired) electrons. The lowest BCUT2D eigenvalue weighted by atomic mass is 10.0. The van der Waals surface area contributed by atoms with Crippen molar-refractivity contribution in [1.29, 1.82) is 0 Å². The maximum Gasteiger partial charge on any atom is 0.344 e. The van der Waals surface area contributed by atoms with Gasteiger partial charge in [-0.3, -0.25) is 0 Å². The number of rotatable bonds is 12. The Morgan fingerprint density at radius 1 is 0.588 bits per heavy atom. The van der Waals surface area contributed by atoms with Crippen molar-refractivity contribution in [1.82, 2.24) is 8.61 Å². The van der Waals surface area contributed by atoms with E-state index >= 15 is 0 Å². The summed E-state index contributed by atoms with van der Waals surface area (Å²) in [6.45, 7) is 2.82. The molecular weight excluding hydrogens is 767 g/mol. The van der Waals surface area contributed by atoms with Crippen LogP contribution in [-0.4, -0.2) is 88.0 Å². The molecule has 2 N–H and O–H groups in total. The second-order valence-corrected chi connectivity index (χ2v) is 16.8. The minimum atomic E-state index is -3.63. The largest absolute Gasteiger partial charge is 0.479 e. The second kappa shape index (κ2) is 17.1. The smallest absolute Gasteiger partial charge is 0.344 e. The Hall–Kier alpha value is -3.89. The van der Waals surface area contributed by atoms with Crippen molar-refractivity contribution in [3.05, 3.63) is 93.9 Å². The van der Waals surface area contributed by atoms with E-state index in [1.165, 1.54) is 78.4 Å². The molecule has 2 atom stereocenters. The lowest BCUT2D eigenvalue weighted by Gasteiger charge is -2.17. The van der Waals surface area contributed by atoms with Crippen LogP contribution in [0.3, 0.4) is 0 Å². The van der Waals surface area contributed by atoms with E-state index < -0.39 is 44.2 Å². The topological polar surface area (TPSA) is 168 Å². The van der Waals surface area contributed by atoms with Gasteiger partial charge in [0.25, 0.3) is 0 Å². The normalized spacial score (nSPS) is 12.8. The number of nitrogens with zero attached hydrogens (tertiary/aromatic N) is 2. The fraction of sp³-hybridized carbons (Fsp3) is 0.235. The fourth-order valence-corrected chi connectivity index (χ4v) is 6.75. The summed E-state index contributed by atoms with van der Waals surface area (Å²) < 4.78 is 61.9. The van der Waals surface area contributed by atoms with Crippen molar-refractivity contribution >= 4 is 66.8 Å². The van der Waals surface area contributed by atoms with Gasteiger partial charge in [-0.2, -0.15) is 0 Å². The minimum absolute atomic E-state index is 0.0413. The van der Waals surface area contributed by atoms with Gasteiger partial charge in [0.15, 0.2) is 12.2 Å². The summed E-state index contributed by atoms with van der Waals surface area (Å²) in [5.74, 6) is -1.59. The van der Waals surface area contributed by atoms with Gasteiger partial charge in [-0.1, -0.05) is 53.0 Å². The van der Waals surface area contributed by atoms with E-state index in [9.17, 15) is 26.4 Å². The third kappa shape index (κ3) is 10.3. The first-order valence-electron chi connectivity index (χ1n) is 14.8. The molecule has 0 fully saturated rings. The van der Waals surface area contributed by atoms with E-state index in [1.807, 2.05) is 0 Å². The highest BCUT2D eigenvalue weighted by Crippen LogP contribution is 2.39. The van der Waals surface area contributed by atoms with E-state index in [4.69, 9.17) is 54.5 Å². The second-order valence-electron chi connectivity index (χ2n) is 11.2. The Balaban J connectivity index is 0.000000276. The Kier molecular flexibility index (Phi) is 13.9. The molecule has 4 aromatic rings. The number of carboxylic acid groups (broad SMARTS) is 2. The molecule has 0 bridgehead atoms. The number of halogens is 3. The van der Waals surface area contributed by atoms with E-state index in [0.29, 0.717) is 38.0 Å². The molecule has 51 heavy (non-hydrogen) atoms. The lowest BCUT2D eigenvalue weighted by Crippen LogP contribution is -2.23. The van der Waals surface area contributed by atoms with Gasteiger partial charge >= 0.3 is 11.9 Å². The van der Waals surface area contributed by atoms with Crippen LogP contribution >= 0.6 is 34.8 Å². The first-order chi connectivity index (χ1) is 23.7. The maximum atomic E-state index is 12.2. The highest BCUT2D eigenvalue weighted by molar-refractivity contribution is 7.89. The number of hydrogen-bond acceptors (Lipinski definition) is 8. The summed E-state index contributed by atoms with van der Waals surface area (Å²) in [4.78, 5) is 22.3. The molecule has 274 valence electrons. The van der Waals surface area contributed by atoms with Crippen molar-refractivity contribution in [3.8, 4) is 33.8 Å². The van der Waals surface area contributed by atoms with Gasteiger partial charge in [0, 0.05) is 59.9 Å². The number of carboxylic acids is 2. The number of carbonyl (C=O) groups is 2. The molecule has 12 nitrogen and oxygen atoms in total. The monoisotopic (exact) mass is 800 g/mol. The minimum Gasteiger partial charge on any atom is -0.479 e. The lowest BCUT2D eigenvalue weighted by molar-refractivity contribution is -0.145. The SMILES string of the molecule is C[C@H](Oc1ccc(Cl)cc1-c1ccc(S(=O)(=O)N(C)C)cc1)C(=O)O.C[C@H](Oc1ccc(Cl)cc1-c1ccc(S(=O)(=O)N(C)C)cc1Cl)C(=O)O. The first-order valence-corrected chi connectivity index (χ1v) is 18.8. The molecule has 0 saturated heterocycles. The average molecular weight is 802 g/mol. The molecule has 17 heteroatoms. The summed E-state index contributed by atoms with van der Waals surface area (Å²) in [6.07, 6.45) is -2.12. The summed E-state index contributed by atoms with van der Waals surface area (Å²) in [7, 11) is -1.40. The van der Waals surface area contributed by atoms with Gasteiger partial charge in [-0.15, -0.1) is 0 Å². The Bertz CT molecular complexity index is 2130. The van der Waals surface area contributed by atoms with E-state index in [0.717, 1.165) is 8.61 Å². The van der Waals surface area contributed by atoms with Crippen LogP contribution in [0.15, 0.2) is 88.7 Å². The molecule has 0 spiro atoms. The van der Waals surface area contributed by atoms with Gasteiger partial charge in [-0.05, 0) is 80.1 Å². The Labute approximate surface area is 311 Å². The molecule has 0 unspecified atom stereocenters.